The molecule has 2 rings (SSSR count). The van der Waals surface area contributed by atoms with Crippen molar-refractivity contribution in [1.82, 2.24) is 0 Å². The summed E-state index contributed by atoms with van der Waals surface area (Å²) in [7, 11) is 1.55. The fourth-order valence-corrected chi connectivity index (χ4v) is 1.51. The molecule has 0 unspecified atom stereocenters. The molecular weight excluding hydrogens is 230 g/mol. The summed E-state index contributed by atoms with van der Waals surface area (Å²) in [6.07, 6.45) is 0. The van der Waals surface area contributed by atoms with Crippen LogP contribution >= 0.6 is 0 Å². The highest BCUT2D eigenvalue weighted by atomic mass is 16.5. The van der Waals surface area contributed by atoms with Gasteiger partial charge >= 0.3 is 0 Å². The van der Waals surface area contributed by atoms with Gasteiger partial charge in [-0.1, -0.05) is 6.07 Å². The molecule has 2 aromatic rings. The summed E-state index contributed by atoms with van der Waals surface area (Å²) in [4.78, 5) is 11.9. The van der Waals surface area contributed by atoms with Crippen LogP contribution in [0.5, 0.6) is 11.5 Å². The van der Waals surface area contributed by atoms with Gasteiger partial charge in [-0.3, -0.25) is 4.79 Å². The summed E-state index contributed by atoms with van der Waals surface area (Å²) in [6.45, 7) is 0. The van der Waals surface area contributed by atoms with Crippen molar-refractivity contribution < 1.29 is 14.6 Å². The molecule has 0 fully saturated rings. The summed E-state index contributed by atoms with van der Waals surface area (Å²) in [6, 6.07) is 13.2. The van der Waals surface area contributed by atoms with Crippen LogP contribution < -0.4 is 10.1 Å². The number of methoxy groups -OCH3 is 1. The largest absolute Gasteiger partial charge is 0.508 e. The Bertz CT molecular complexity index is 549. The van der Waals surface area contributed by atoms with Gasteiger partial charge in [-0.15, -0.1) is 0 Å². The number of phenolic OH excluding ortho intramolecular Hbond substituents is 1. The average Bonchev–Trinajstić information content (AvgIpc) is 2.41. The van der Waals surface area contributed by atoms with Crippen LogP contribution in [0.1, 0.15) is 10.4 Å². The molecule has 0 radical (unpaired) electrons. The lowest BCUT2D eigenvalue weighted by molar-refractivity contribution is 0.102. The highest BCUT2D eigenvalue weighted by Crippen LogP contribution is 2.17. The maximum absolute atomic E-state index is 11.9. The van der Waals surface area contributed by atoms with E-state index in [2.05, 4.69) is 5.32 Å². The predicted octanol–water partition coefficient (Wildman–Crippen LogP) is 2.65. The number of carbonyl (C=O) groups is 1. The Labute approximate surface area is 105 Å². The second kappa shape index (κ2) is 5.23. The van der Waals surface area contributed by atoms with Crippen LogP contribution in [0.15, 0.2) is 48.5 Å². The monoisotopic (exact) mass is 243 g/mol. The van der Waals surface area contributed by atoms with Crippen LogP contribution in [0.2, 0.25) is 0 Å². The zero-order chi connectivity index (χ0) is 13.0. The van der Waals surface area contributed by atoms with E-state index in [4.69, 9.17) is 9.84 Å². The lowest BCUT2D eigenvalue weighted by atomic mass is 10.2. The molecule has 0 aliphatic rings. The molecule has 1 amide bonds. The Kier molecular flexibility index (Phi) is 3.48. The molecule has 0 spiro atoms. The number of ether oxygens (including phenoxy) is 1. The molecule has 0 atom stereocenters. The smallest absolute Gasteiger partial charge is 0.255 e. The van der Waals surface area contributed by atoms with E-state index >= 15 is 0 Å². The summed E-state index contributed by atoms with van der Waals surface area (Å²) in [5.41, 5.74) is 1.14. The summed E-state index contributed by atoms with van der Waals surface area (Å²) < 4.78 is 5.06. The van der Waals surface area contributed by atoms with Crippen LogP contribution in [0.25, 0.3) is 0 Å². The maximum Gasteiger partial charge on any atom is 0.255 e. The van der Waals surface area contributed by atoms with E-state index in [-0.39, 0.29) is 11.7 Å². The van der Waals surface area contributed by atoms with E-state index in [9.17, 15) is 4.79 Å². The van der Waals surface area contributed by atoms with Gasteiger partial charge in [-0.2, -0.15) is 0 Å². The third kappa shape index (κ3) is 2.79. The Morgan fingerprint density at radius 3 is 2.56 bits per heavy atom. The van der Waals surface area contributed by atoms with Gasteiger partial charge in [-0.25, -0.2) is 0 Å². The maximum atomic E-state index is 11.9. The number of amides is 1. The van der Waals surface area contributed by atoms with Crippen LogP contribution in [0, 0.1) is 0 Å². The summed E-state index contributed by atoms with van der Waals surface area (Å²) in [5, 5.41) is 11.9. The number of aromatic hydroxyl groups is 1. The SMILES string of the molecule is COc1cccc(C(=O)Nc2ccc(O)cc2)c1. The van der Waals surface area contributed by atoms with Crippen LogP contribution in [-0.2, 0) is 0 Å². The number of rotatable bonds is 3. The van der Waals surface area contributed by atoms with Gasteiger partial charge < -0.3 is 15.2 Å². The second-order valence-corrected chi connectivity index (χ2v) is 3.73. The van der Waals surface area contributed by atoms with Gasteiger partial charge in [0.15, 0.2) is 0 Å². The van der Waals surface area contributed by atoms with Gasteiger partial charge in [0, 0.05) is 11.3 Å². The molecule has 0 saturated carbocycles. The minimum absolute atomic E-state index is 0.161. The zero-order valence-corrected chi connectivity index (χ0v) is 9.88. The van der Waals surface area contributed by atoms with E-state index in [1.165, 1.54) is 12.1 Å². The average molecular weight is 243 g/mol. The highest BCUT2D eigenvalue weighted by Gasteiger charge is 2.06. The second-order valence-electron chi connectivity index (χ2n) is 3.73. The van der Waals surface area contributed by atoms with Gasteiger partial charge in [0.25, 0.3) is 5.91 Å². The first-order valence-corrected chi connectivity index (χ1v) is 5.43. The Hall–Kier alpha value is -2.49. The summed E-state index contributed by atoms with van der Waals surface area (Å²) in [5.74, 6) is 0.572. The first-order chi connectivity index (χ1) is 8.69. The summed E-state index contributed by atoms with van der Waals surface area (Å²) >= 11 is 0. The molecular formula is C14H13NO3. The Morgan fingerprint density at radius 1 is 1.17 bits per heavy atom. The molecule has 0 saturated heterocycles. The third-order valence-corrected chi connectivity index (χ3v) is 2.46. The topological polar surface area (TPSA) is 58.6 Å². The number of anilines is 1. The van der Waals surface area contributed by atoms with E-state index in [0.29, 0.717) is 17.0 Å². The first-order valence-electron chi connectivity index (χ1n) is 5.43. The van der Waals surface area contributed by atoms with Crippen LogP contribution in [0.3, 0.4) is 0 Å². The number of benzene rings is 2. The van der Waals surface area contributed by atoms with Gasteiger partial charge in [-0.05, 0) is 42.5 Å². The van der Waals surface area contributed by atoms with Gasteiger partial charge in [0.2, 0.25) is 0 Å². The fourth-order valence-electron chi connectivity index (χ4n) is 1.51. The van der Waals surface area contributed by atoms with Crippen molar-refractivity contribution in [2.24, 2.45) is 0 Å². The zero-order valence-electron chi connectivity index (χ0n) is 9.88. The molecule has 0 bridgehead atoms. The molecule has 2 N–H and O–H groups in total. The van der Waals surface area contributed by atoms with E-state index in [1.807, 2.05) is 0 Å². The van der Waals surface area contributed by atoms with Gasteiger partial charge in [0.1, 0.15) is 11.5 Å². The number of phenols is 1. The molecule has 4 heteroatoms. The van der Waals surface area contributed by atoms with E-state index in [0.717, 1.165) is 0 Å². The van der Waals surface area contributed by atoms with Crippen LogP contribution in [-0.4, -0.2) is 18.1 Å². The molecule has 0 heterocycles. The van der Waals surface area contributed by atoms with Crippen molar-refractivity contribution >= 4 is 11.6 Å². The van der Waals surface area contributed by atoms with Crippen LogP contribution in [0.4, 0.5) is 5.69 Å². The lowest BCUT2D eigenvalue weighted by Crippen LogP contribution is -2.11. The lowest BCUT2D eigenvalue weighted by Gasteiger charge is -2.06. The molecule has 4 nitrogen and oxygen atoms in total. The molecule has 2 aromatic carbocycles. The number of nitrogens with one attached hydrogen (secondary N) is 1. The predicted molar refractivity (Wildman–Crippen MR) is 69.1 cm³/mol. The van der Waals surface area contributed by atoms with Crippen molar-refractivity contribution in [3.05, 3.63) is 54.1 Å². The van der Waals surface area contributed by atoms with E-state index in [1.54, 1.807) is 43.5 Å². The standard InChI is InChI=1S/C14H13NO3/c1-18-13-4-2-3-10(9-13)14(17)15-11-5-7-12(16)8-6-11/h2-9,16H,1H3,(H,15,17). The minimum atomic E-state index is -0.223. The minimum Gasteiger partial charge on any atom is -0.508 e. The molecule has 92 valence electrons. The van der Waals surface area contributed by atoms with Crippen molar-refractivity contribution in [2.75, 3.05) is 12.4 Å². The Balaban J connectivity index is 2.14. The fraction of sp³-hybridized carbons (Fsp3) is 0.0714. The quantitative estimate of drug-likeness (QED) is 0.815. The van der Waals surface area contributed by atoms with Crippen molar-refractivity contribution in [3.8, 4) is 11.5 Å². The number of hydrogen-bond acceptors (Lipinski definition) is 3. The first kappa shape index (κ1) is 12.0. The van der Waals surface area contributed by atoms with Crippen molar-refractivity contribution in [2.45, 2.75) is 0 Å². The van der Waals surface area contributed by atoms with Crippen molar-refractivity contribution in [1.29, 1.82) is 0 Å². The van der Waals surface area contributed by atoms with Gasteiger partial charge in [0.05, 0.1) is 7.11 Å². The molecule has 0 aromatic heterocycles. The molecule has 18 heavy (non-hydrogen) atoms. The molecule has 0 aliphatic heterocycles. The molecule has 0 aliphatic carbocycles. The number of carbonyl (C=O) groups excluding carboxylic acids is 1. The van der Waals surface area contributed by atoms with E-state index < -0.39 is 0 Å². The van der Waals surface area contributed by atoms with Crippen molar-refractivity contribution in [3.63, 3.8) is 0 Å². The normalized spacial score (nSPS) is 9.83. The third-order valence-electron chi connectivity index (χ3n) is 2.46. The highest BCUT2D eigenvalue weighted by molar-refractivity contribution is 6.04. The Morgan fingerprint density at radius 2 is 1.89 bits per heavy atom. The number of hydrogen-bond donors (Lipinski definition) is 2.